The van der Waals surface area contributed by atoms with E-state index < -0.39 is 0 Å². The van der Waals surface area contributed by atoms with Crippen molar-refractivity contribution in [2.24, 2.45) is 0 Å². The predicted molar refractivity (Wildman–Crippen MR) is 122 cm³/mol. The molecule has 4 rings (SSSR count). The molecule has 2 aromatic heterocycles. The van der Waals surface area contributed by atoms with E-state index in [4.69, 9.17) is 4.74 Å². The molecule has 31 heavy (non-hydrogen) atoms. The highest BCUT2D eigenvalue weighted by molar-refractivity contribution is 7.99. The molecule has 0 saturated heterocycles. The number of anilines is 1. The van der Waals surface area contributed by atoms with E-state index in [-0.39, 0.29) is 11.7 Å². The first-order chi connectivity index (χ1) is 15.2. The van der Waals surface area contributed by atoms with Gasteiger partial charge in [-0.15, -0.1) is 10.2 Å². The van der Waals surface area contributed by atoms with Crippen molar-refractivity contribution in [2.75, 3.05) is 18.2 Å². The Hall–Kier alpha value is -3.65. The molecule has 2 aromatic carbocycles. The second kappa shape index (κ2) is 9.44. The lowest BCUT2D eigenvalue weighted by molar-refractivity contribution is -0.113. The molecule has 4 aromatic rings. The Morgan fingerprint density at radius 3 is 2.65 bits per heavy atom. The van der Waals surface area contributed by atoms with E-state index in [2.05, 4.69) is 20.5 Å². The first kappa shape index (κ1) is 20.6. The van der Waals surface area contributed by atoms with Gasteiger partial charge in [0.25, 0.3) is 0 Å². The largest absolute Gasteiger partial charge is 0.497 e. The topological polar surface area (TPSA) is 81.9 Å². The normalized spacial score (nSPS) is 10.6. The number of carbonyl (C=O) groups is 1. The van der Waals surface area contributed by atoms with Gasteiger partial charge in [0.2, 0.25) is 5.91 Å². The van der Waals surface area contributed by atoms with Gasteiger partial charge in [0.15, 0.2) is 11.0 Å². The fraction of sp³-hybridized carbons (Fsp3) is 0.130. The van der Waals surface area contributed by atoms with E-state index in [9.17, 15) is 4.79 Å². The number of aryl methyl sites for hydroxylation is 1. The highest BCUT2D eigenvalue weighted by atomic mass is 32.2. The van der Waals surface area contributed by atoms with Crippen LogP contribution in [0.2, 0.25) is 0 Å². The summed E-state index contributed by atoms with van der Waals surface area (Å²) >= 11 is 1.33. The number of nitrogens with one attached hydrogen (secondary N) is 1. The molecule has 0 aliphatic rings. The second-order valence-electron chi connectivity index (χ2n) is 6.73. The summed E-state index contributed by atoms with van der Waals surface area (Å²) in [5.74, 6) is 1.44. The van der Waals surface area contributed by atoms with Crippen molar-refractivity contribution in [3.63, 3.8) is 0 Å². The van der Waals surface area contributed by atoms with Crippen LogP contribution in [0.15, 0.2) is 78.2 Å². The maximum atomic E-state index is 12.5. The fourth-order valence-electron chi connectivity index (χ4n) is 3.11. The number of hydrogen-bond acceptors (Lipinski definition) is 6. The lowest BCUT2D eigenvalue weighted by atomic mass is 10.2. The Kier molecular flexibility index (Phi) is 6.28. The number of pyridine rings is 1. The Morgan fingerprint density at radius 2 is 1.87 bits per heavy atom. The van der Waals surface area contributed by atoms with E-state index >= 15 is 0 Å². The molecular formula is C23H21N5O2S. The average molecular weight is 432 g/mol. The first-order valence-electron chi connectivity index (χ1n) is 9.64. The van der Waals surface area contributed by atoms with E-state index in [1.165, 1.54) is 11.8 Å². The molecule has 0 bridgehead atoms. The fourth-order valence-corrected chi connectivity index (χ4v) is 3.86. The molecule has 0 fully saturated rings. The van der Waals surface area contributed by atoms with E-state index in [1.807, 2.05) is 66.1 Å². The van der Waals surface area contributed by atoms with E-state index in [0.717, 1.165) is 16.8 Å². The van der Waals surface area contributed by atoms with E-state index in [1.54, 1.807) is 25.6 Å². The number of aromatic nitrogens is 4. The number of benzene rings is 2. The zero-order chi connectivity index (χ0) is 21.6. The molecule has 0 radical (unpaired) electrons. The van der Waals surface area contributed by atoms with Crippen molar-refractivity contribution in [2.45, 2.75) is 12.1 Å². The van der Waals surface area contributed by atoms with Crippen molar-refractivity contribution in [1.29, 1.82) is 0 Å². The molecule has 156 valence electrons. The highest BCUT2D eigenvalue weighted by Gasteiger charge is 2.18. The maximum absolute atomic E-state index is 12.5. The lowest BCUT2D eigenvalue weighted by Gasteiger charge is -2.13. The Bertz CT molecular complexity index is 1190. The Labute approximate surface area is 184 Å². The molecule has 8 heteroatoms. The summed E-state index contributed by atoms with van der Waals surface area (Å²) in [6.45, 7) is 2.04. The van der Waals surface area contributed by atoms with Gasteiger partial charge in [0, 0.05) is 29.7 Å². The zero-order valence-corrected chi connectivity index (χ0v) is 18.0. The van der Waals surface area contributed by atoms with Crippen molar-refractivity contribution >= 4 is 23.4 Å². The predicted octanol–water partition coefficient (Wildman–Crippen LogP) is 4.38. The summed E-state index contributed by atoms with van der Waals surface area (Å²) in [4.78, 5) is 16.6. The SMILES string of the molecule is COc1cccc(NC(=O)CSc2nnc(-c3ccncc3)n2-c2ccccc2C)c1. The number of nitrogens with zero attached hydrogens (tertiary/aromatic N) is 4. The van der Waals surface area contributed by atoms with Gasteiger partial charge >= 0.3 is 0 Å². The van der Waals surface area contributed by atoms with Crippen molar-refractivity contribution in [3.05, 3.63) is 78.6 Å². The third-order valence-electron chi connectivity index (χ3n) is 4.61. The number of methoxy groups -OCH3 is 1. The lowest BCUT2D eigenvalue weighted by Crippen LogP contribution is -2.14. The molecule has 0 aliphatic heterocycles. The summed E-state index contributed by atoms with van der Waals surface area (Å²) in [5.41, 5.74) is 3.64. The van der Waals surface area contributed by atoms with Crippen molar-refractivity contribution < 1.29 is 9.53 Å². The molecule has 0 atom stereocenters. The second-order valence-corrected chi connectivity index (χ2v) is 7.68. The summed E-state index contributed by atoms with van der Waals surface area (Å²) in [5, 5.41) is 12.3. The standard InChI is InChI=1S/C23H21N5O2S/c1-16-6-3-4-9-20(16)28-22(17-10-12-24-13-11-17)26-27-23(28)31-15-21(29)25-18-7-5-8-19(14-18)30-2/h3-14H,15H2,1-2H3,(H,25,29). The molecule has 0 spiro atoms. The molecule has 7 nitrogen and oxygen atoms in total. The molecular weight excluding hydrogens is 410 g/mol. The van der Waals surface area contributed by atoms with Gasteiger partial charge in [0.05, 0.1) is 18.6 Å². The molecule has 1 amide bonds. The number of ether oxygens (including phenoxy) is 1. The van der Waals surface area contributed by atoms with Crippen LogP contribution >= 0.6 is 11.8 Å². The van der Waals surface area contributed by atoms with Crippen LogP contribution in [-0.2, 0) is 4.79 Å². The van der Waals surface area contributed by atoms with Crippen molar-refractivity contribution in [3.8, 4) is 22.8 Å². The van der Waals surface area contributed by atoms with Gasteiger partial charge in [-0.1, -0.05) is 36.0 Å². The van der Waals surface area contributed by atoms with Gasteiger partial charge in [0.1, 0.15) is 5.75 Å². The van der Waals surface area contributed by atoms with Gasteiger partial charge < -0.3 is 10.1 Å². The molecule has 0 aliphatic carbocycles. The molecule has 2 heterocycles. The van der Waals surface area contributed by atoms with Gasteiger partial charge in [-0.25, -0.2) is 0 Å². The minimum absolute atomic E-state index is 0.136. The third kappa shape index (κ3) is 4.75. The smallest absolute Gasteiger partial charge is 0.234 e. The van der Waals surface area contributed by atoms with Crippen LogP contribution in [0.4, 0.5) is 5.69 Å². The van der Waals surface area contributed by atoms with Gasteiger partial charge in [-0.05, 0) is 42.8 Å². The molecule has 0 saturated carbocycles. The Morgan fingerprint density at radius 1 is 1.06 bits per heavy atom. The quantitative estimate of drug-likeness (QED) is 0.438. The molecule has 0 unspecified atom stereocenters. The zero-order valence-electron chi connectivity index (χ0n) is 17.1. The van der Waals surface area contributed by atoms with Crippen LogP contribution in [0.25, 0.3) is 17.1 Å². The summed E-state index contributed by atoms with van der Waals surface area (Å²) < 4.78 is 7.18. The monoisotopic (exact) mass is 431 g/mol. The number of thioether (sulfide) groups is 1. The summed E-state index contributed by atoms with van der Waals surface area (Å²) in [6, 6.07) is 19.1. The number of hydrogen-bond donors (Lipinski definition) is 1. The first-order valence-corrected chi connectivity index (χ1v) is 10.6. The van der Waals surface area contributed by atoms with Crippen LogP contribution in [0.5, 0.6) is 5.75 Å². The third-order valence-corrected chi connectivity index (χ3v) is 5.54. The van der Waals surface area contributed by atoms with Crippen LogP contribution < -0.4 is 10.1 Å². The summed E-state index contributed by atoms with van der Waals surface area (Å²) in [7, 11) is 1.59. The average Bonchev–Trinajstić information content (AvgIpc) is 3.22. The van der Waals surface area contributed by atoms with Crippen molar-refractivity contribution in [1.82, 2.24) is 19.7 Å². The number of rotatable bonds is 7. The van der Waals surface area contributed by atoms with Crippen LogP contribution in [0.1, 0.15) is 5.56 Å². The van der Waals surface area contributed by atoms with E-state index in [0.29, 0.717) is 22.4 Å². The Balaban J connectivity index is 1.59. The van der Waals surface area contributed by atoms with Crippen LogP contribution in [0.3, 0.4) is 0 Å². The van der Waals surface area contributed by atoms with Crippen LogP contribution in [0, 0.1) is 6.92 Å². The number of carbonyl (C=O) groups excluding carboxylic acids is 1. The number of amides is 1. The summed E-state index contributed by atoms with van der Waals surface area (Å²) in [6.07, 6.45) is 3.45. The minimum atomic E-state index is -0.136. The highest BCUT2D eigenvalue weighted by Crippen LogP contribution is 2.29. The van der Waals surface area contributed by atoms with Gasteiger partial charge in [-0.3, -0.25) is 14.3 Å². The van der Waals surface area contributed by atoms with Crippen LogP contribution in [-0.4, -0.2) is 38.5 Å². The number of para-hydroxylation sites is 1. The molecule has 1 N–H and O–H groups in total. The van der Waals surface area contributed by atoms with Gasteiger partial charge in [-0.2, -0.15) is 0 Å². The minimum Gasteiger partial charge on any atom is -0.497 e. The maximum Gasteiger partial charge on any atom is 0.234 e.